The molecular weight excluding hydrogens is 453 g/mol. The first-order valence-electron chi connectivity index (χ1n) is 12.7. The fourth-order valence-electron chi connectivity index (χ4n) is 5.38. The summed E-state index contributed by atoms with van der Waals surface area (Å²) in [6.45, 7) is 8.60. The number of carbonyl (C=O) groups is 2. The fourth-order valence-corrected chi connectivity index (χ4v) is 5.38. The first-order valence-corrected chi connectivity index (χ1v) is 12.7. The molecule has 1 saturated heterocycles. The summed E-state index contributed by atoms with van der Waals surface area (Å²) in [5.41, 5.74) is 9.34. The summed E-state index contributed by atoms with van der Waals surface area (Å²) in [7, 11) is 0. The van der Waals surface area contributed by atoms with Gasteiger partial charge in [-0.3, -0.25) is 9.59 Å². The van der Waals surface area contributed by atoms with Crippen LogP contribution in [-0.4, -0.2) is 29.3 Å². The molecule has 0 saturated carbocycles. The molecule has 1 fully saturated rings. The summed E-state index contributed by atoms with van der Waals surface area (Å²) in [6, 6.07) is 12.1. The summed E-state index contributed by atoms with van der Waals surface area (Å²) < 4.78 is 14.8. The minimum absolute atomic E-state index is 0.0499. The van der Waals surface area contributed by atoms with Gasteiger partial charge in [0.2, 0.25) is 5.91 Å². The standard InChI is InChI=1S/C30H36FN3O2/c1-19-9-5-15-25(31)26(19)29(36)34-16-8-14-24(27(34)20-10-6-12-22(32)17-20)28(35)33-23-13-7-11-21(18-23)30(2,3)4/h5-7,9-13,15,18,20,24,27H,8,14,16-17,32H2,1-4H3,(H,33,35)/t20-,24?,27?/m1/s1. The second-order valence-electron chi connectivity index (χ2n) is 11.0. The van der Waals surface area contributed by atoms with Crippen molar-refractivity contribution in [3.8, 4) is 0 Å². The quantitative estimate of drug-likeness (QED) is 0.578. The Labute approximate surface area is 213 Å². The van der Waals surface area contributed by atoms with Crippen molar-refractivity contribution in [2.75, 3.05) is 11.9 Å². The number of allylic oxidation sites excluding steroid dienone is 3. The first kappa shape index (κ1) is 25.7. The Morgan fingerprint density at radius 3 is 2.58 bits per heavy atom. The summed E-state index contributed by atoms with van der Waals surface area (Å²) >= 11 is 0. The van der Waals surface area contributed by atoms with E-state index in [1.807, 2.05) is 36.4 Å². The van der Waals surface area contributed by atoms with Crippen LogP contribution < -0.4 is 11.1 Å². The summed E-state index contributed by atoms with van der Waals surface area (Å²) in [4.78, 5) is 29.2. The molecule has 2 aliphatic rings. The van der Waals surface area contributed by atoms with Gasteiger partial charge in [0.05, 0.1) is 17.5 Å². The van der Waals surface area contributed by atoms with Gasteiger partial charge in [-0.25, -0.2) is 4.39 Å². The van der Waals surface area contributed by atoms with Gasteiger partial charge in [-0.05, 0) is 67.0 Å². The zero-order chi connectivity index (χ0) is 26.0. The molecule has 1 aliphatic heterocycles. The number of halogens is 1. The number of piperidine rings is 1. The van der Waals surface area contributed by atoms with Gasteiger partial charge in [0.25, 0.3) is 5.91 Å². The van der Waals surface area contributed by atoms with Gasteiger partial charge >= 0.3 is 0 Å². The predicted octanol–water partition coefficient (Wildman–Crippen LogP) is 5.71. The number of likely N-dealkylation sites (tertiary alicyclic amines) is 1. The van der Waals surface area contributed by atoms with Gasteiger partial charge in [0.1, 0.15) is 5.82 Å². The molecule has 1 aliphatic carbocycles. The highest BCUT2D eigenvalue weighted by Gasteiger charge is 2.43. The third-order valence-electron chi connectivity index (χ3n) is 7.29. The average Bonchev–Trinajstić information content (AvgIpc) is 2.83. The maximum absolute atomic E-state index is 14.8. The second kappa shape index (κ2) is 10.3. The third kappa shape index (κ3) is 5.38. The Bertz CT molecular complexity index is 1190. The van der Waals surface area contributed by atoms with Gasteiger partial charge in [-0.15, -0.1) is 0 Å². The summed E-state index contributed by atoms with van der Waals surface area (Å²) in [5, 5.41) is 3.11. The lowest BCUT2D eigenvalue weighted by atomic mass is 9.77. The molecule has 2 aromatic rings. The van der Waals surface area contributed by atoms with E-state index in [9.17, 15) is 14.0 Å². The molecule has 0 aromatic heterocycles. The van der Waals surface area contributed by atoms with Crippen LogP contribution in [0.1, 0.15) is 61.5 Å². The number of rotatable bonds is 4. The largest absolute Gasteiger partial charge is 0.402 e. The summed E-state index contributed by atoms with van der Waals surface area (Å²) in [6.07, 6.45) is 7.60. The molecule has 3 atom stereocenters. The van der Waals surface area contributed by atoms with Crippen molar-refractivity contribution in [1.82, 2.24) is 4.90 Å². The monoisotopic (exact) mass is 489 g/mol. The number of benzene rings is 2. The number of nitrogens with zero attached hydrogens (tertiary/aromatic N) is 1. The van der Waals surface area contributed by atoms with E-state index in [1.165, 1.54) is 6.07 Å². The molecule has 2 unspecified atom stereocenters. The lowest BCUT2D eigenvalue weighted by Crippen LogP contribution is -2.55. The number of hydrogen-bond acceptors (Lipinski definition) is 3. The van der Waals surface area contributed by atoms with Crippen molar-refractivity contribution in [2.45, 2.75) is 58.4 Å². The van der Waals surface area contributed by atoms with Gasteiger partial charge in [0.15, 0.2) is 0 Å². The van der Waals surface area contributed by atoms with Crippen molar-refractivity contribution in [3.05, 3.63) is 88.9 Å². The molecule has 36 heavy (non-hydrogen) atoms. The molecule has 4 rings (SSSR count). The molecule has 3 N–H and O–H groups in total. The van der Waals surface area contributed by atoms with E-state index in [4.69, 9.17) is 5.73 Å². The van der Waals surface area contributed by atoms with Crippen LogP contribution in [0.5, 0.6) is 0 Å². The SMILES string of the molecule is Cc1cccc(F)c1C(=O)N1CCCC(C(=O)Nc2cccc(C(C)(C)C)c2)C1[C@@H]1C=CC=C(N)C1. The van der Waals surface area contributed by atoms with Gasteiger partial charge in [0, 0.05) is 23.8 Å². The summed E-state index contributed by atoms with van der Waals surface area (Å²) in [5.74, 6) is -1.63. The van der Waals surface area contributed by atoms with E-state index < -0.39 is 17.8 Å². The van der Waals surface area contributed by atoms with E-state index in [0.717, 1.165) is 11.3 Å². The Morgan fingerprint density at radius 2 is 1.89 bits per heavy atom. The van der Waals surface area contributed by atoms with Crippen molar-refractivity contribution in [1.29, 1.82) is 0 Å². The van der Waals surface area contributed by atoms with Crippen LogP contribution in [0, 0.1) is 24.6 Å². The molecule has 0 bridgehead atoms. The molecule has 0 radical (unpaired) electrons. The average molecular weight is 490 g/mol. The van der Waals surface area contributed by atoms with Crippen molar-refractivity contribution < 1.29 is 14.0 Å². The van der Waals surface area contributed by atoms with Gasteiger partial charge < -0.3 is 16.0 Å². The van der Waals surface area contributed by atoms with E-state index in [-0.39, 0.29) is 28.7 Å². The van der Waals surface area contributed by atoms with Gasteiger partial charge in [-0.1, -0.05) is 57.2 Å². The molecule has 1 heterocycles. The first-order chi connectivity index (χ1) is 17.1. The molecule has 2 amide bonds. The van der Waals surface area contributed by atoms with Crippen LogP contribution in [0.15, 0.2) is 66.4 Å². The molecule has 0 spiro atoms. The molecule has 190 valence electrons. The Morgan fingerprint density at radius 1 is 1.14 bits per heavy atom. The maximum atomic E-state index is 14.8. The van der Waals surface area contributed by atoms with Gasteiger partial charge in [-0.2, -0.15) is 0 Å². The number of nitrogens with one attached hydrogen (secondary N) is 1. The van der Waals surface area contributed by atoms with Crippen LogP contribution in [0.2, 0.25) is 0 Å². The zero-order valence-corrected chi connectivity index (χ0v) is 21.6. The second-order valence-corrected chi connectivity index (χ2v) is 11.0. The number of hydrogen-bond donors (Lipinski definition) is 2. The number of nitrogens with two attached hydrogens (primary N) is 1. The molecule has 6 heteroatoms. The van der Waals surface area contributed by atoms with Crippen molar-refractivity contribution >= 4 is 17.5 Å². The Balaban J connectivity index is 1.67. The van der Waals surface area contributed by atoms with Crippen LogP contribution in [0.4, 0.5) is 10.1 Å². The fraction of sp³-hybridized carbons (Fsp3) is 0.400. The highest BCUT2D eigenvalue weighted by molar-refractivity contribution is 5.98. The van der Waals surface area contributed by atoms with Crippen LogP contribution in [-0.2, 0) is 10.2 Å². The number of anilines is 1. The molecular formula is C30H36FN3O2. The van der Waals surface area contributed by atoms with E-state index >= 15 is 0 Å². The van der Waals surface area contributed by atoms with Crippen LogP contribution in [0.3, 0.4) is 0 Å². The smallest absolute Gasteiger partial charge is 0.257 e. The molecule has 2 aromatic carbocycles. The third-order valence-corrected chi connectivity index (χ3v) is 7.29. The predicted molar refractivity (Wildman–Crippen MR) is 142 cm³/mol. The minimum Gasteiger partial charge on any atom is -0.402 e. The van der Waals surface area contributed by atoms with E-state index in [0.29, 0.717) is 37.1 Å². The lowest BCUT2D eigenvalue weighted by Gasteiger charge is -2.44. The highest BCUT2D eigenvalue weighted by Crippen LogP contribution is 2.36. The Hall–Kier alpha value is -3.41. The zero-order valence-electron chi connectivity index (χ0n) is 21.6. The lowest BCUT2D eigenvalue weighted by molar-refractivity contribution is -0.123. The van der Waals surface area contributed by atoms with Crippen LogP contribution in [0.25, 0.3) is 0 Å². The van der Waals surface area contributed by atoms with Crippen LogP contribution >= 0.6 is 0 Å². The molecule has 5 nitrogen and oxygen atoms in total. The maximum Gasteiger partial charge on any atom is 0.257 e. The number of aryl methyl sites for hydroxylation is 1. The van der Waals surface area contributed by atoms with Crippen molar-refractivity contribution in [2.24, 2.45) is 17.6 Å². The van der Waals surface area contributed by atoms with E-state index in [1.54, 1.807) is 24.0 Å². The topological polar surface area (TPSA) is 75.4 Å². The Kier molecular flexibility index (Phi) is 7.34. The highest BCUT2D eigenvalue weighted by atomic mass is 19.1. The number of amides is 2. The number of carbonyl (C=O) groups excluding carboxylic acids is 2. The van der Waals surface area contributed by atoms with E-state index in [2.05, 4.69) is 32.2 Å². The normalized spacial score (nSPS) is 22.2. The van der Waals surface area contributed by atoms with Crippen molar-refractivity contribution in [3.63, 3.8) is 0 Å². The minimum atomic E-state index is -0.539.